The van der Waals surface area contributed by atoms with E-state index in [1.165, 1.54) is 0 Å². The van der Waals surface area contributed by atoms with Crippen molar-refractivity contribution in [1.29, 1.82) is 0 Å². The Hall–Kier alpha value is -1.36. The molecule has 0 spiro atoms. The van der Waals surface area contributed by atoms with E-state index < -0.39 is 0 Å². The molecular formula is C15H28N4O. The van der Waals surface area contributed by atoms with Gasteiger partial charge >= 0.3 is 0 Å². The minimum atomic E-state index is 0.574. The van der Waals surface area contributed by atoms with Crippen LogP contribution in [0.2, 0.25) is 0 Å². The Morgan fingerprint density at radius 2 is 1.75 bits per heavy atom. The van der Waals surface area contributed by atoms with E-state index in [-0.39, 0.29) is 0 Å². The van der Waals surface area contributed by atoms with Gasteiger partial charge in [-0.2, -0.15) is 0 Å². The molecule has 0 unspecified atom stereocenters. The minimum absolute atomic E-state index is 0.574. The van der Waals surface area contributed by atoms with Crippen LogP contribution in [0.5, 0.6) is 0 Å². The molecule has 0 amide bonds. The Bertz CT molecular complexity index is 382. The summed E-state index contributed by atoms with van der Waals surface area (Å²) in [7, 11) is 0. The average molecular weight is 280 g/mol. The maximum atomic E-state index is 5.56. The first-order valence-electron chi connectivity index (χ1n) is 7.58. The molecule has 0 saturated heterocycles. The van der Waals surface area contributed by atoms with E-state index in [4.69, 9.17) is 4.74 Å². The Labute approximate surface area is 122 Å². The number of aromatic nitrogens is 2. The fourth-order valence-electron chi connectivity index (χ4n) is 1.86. The van der Waals surface area contributed by atoms with Gasteiger partial charge in [-0.05, 0) is 18.8 Å². The van der Waals surface area contributed by atoms with Crippen molar-refractivity contribution in [3.05, 3.63) is 11.9 Å². The summed E-state index contributed by atoms with van der Waals surface area (Å²) in [6.45, 7) is 11.8. The molecule has 2 N–H and O–H groups in total. The van der Waals surface area contributed by atoms with Crippen molar-refractivity contribution >= 4 is 11.6 Å². The van der Waals surface area contributed by atoms with Gasteiger partial charge in [-0.15, -0.1) is 0 Å². The predicted octanol–water partition coefficient (Wildman–Crippen LogP) is 2.95. The van der Waals surface area contributed by atoms with Crippen LogP contribution in [-0.2, 0) is 11.2 Å². The van der Waals surface area contributed by atoms with Crippen LogP contribution in [0.15, 0.2) is 6.33 Å². The number of hydrogen-bond donors (Lipinski definition) is 2. The molecule has 0 bridgehead atoms. The highest BCUT2D eigenvalue weighted by molar-refractivity contribution is 5.57. The molecule has 0 radical (unpaired) electrons. The van der Waals surface area contributed by atoms with Gasteiger partial charge in [0, 0.05) is 25.3 Å². The number of rotatable bonds is 10. The quantitative estimate of drug-likeness (QED) is 0.645. The lowest BCUT2D eigenvalue weighted by Gasteiger charge is -2.14. The van der Waals surface area contributed by atoms with Crippen molar-refractivity contribution in [3.8, 4) is 0 Å². The Balaban J connectivity index is 2.51. The van der Waals surface area contributed by atoms with Gasteiger partial charge in [0.05, 0.1) is 6.61 Å². The number of hydrogen-bond acceptors (Lipinski definition) is 5. The van der Waals surface area contributed by atoms with E-state index in [1.807, 2.05) is 0 Å². The SMILES string of the molecule is CCCNc1ncnc(NCCOCC(C)C)c1CC. The second-order valence-electron chi connectivity index (χ2n) is 5.23. The van der Waals surface area contributed by atoms with Crippen LogP contribution < -0.4 is 10.6 Å². The van der Waals surface area contributed by atoms with E-state index in [0.29, 0.717) is 12.5 Å². The van der Waals surface area contributed by atoms with Gasteiger partial charge < -0.3 is 15.4 Å². The number of ether oxygens (including phenoxy) is 1. The van der Waals surface area contributed by atoms with Crippen molar-refractivity contribution in [2.75, 3.05) is 36.9 Å². The monoisotopic (exact) mass is 280 g/mol. The lowest BCUT2D eigenvalue weighted by Crippen LogP contribution is -2.15. The second kappa shape index (κ2) is 9.53. The summed E-state index contributed by atoms with van der Waals surface area (Å²) in [6, 6.07) is 0. The summed E-state index contributed by atoms with van der Waals surface area (Å²) in [5.41, 5.74) is 1.14. The number of nitrogens with zero attached hydrogens (tertiary/aromatic N) is 2. The van der Waals surface area contributed by atoms with Gasteiger partial charge in [-0.3, -0.25) is 0 Å². The predicted molar refractivity (Wildman–Crippen MR) is 84.3 cm³/mol. The Morgan fingerprint density at radius 3 is 2.30 bits per heavy atom. The summed E-state index contributed by atoms with van der Waals surface area (Å²) in [5, 5.41) is 6.69. The normalized spacial score (nSPS) is 10.8. The second-order valence-corrected chi connectivity index (χ2v) is 5.23. The molecule has 1 rings (SSSR count). The summed E-state index contributed by atoms with van der Waals surface area (Å²) >= 11 is 0. The third kappa shape index (κ3) is 5.74. The van der Waals surface area contributed by atoms with Crippen LogP contribution in [0.1, 0.15) is 39.7 Å². The van der Waals surface area contributed by atoms with E-state index >= 15 is 0 Å². The van der Waals surface area contributed by atoms with Gasteiger partial charge in [0.15, 0.2) is 0 Å². The first-order chi connectivity index (χ1) is 9.69. The van der Waals surface area contributed by atoms with Crippen LogP contribution in [0, 0.1) is 5.92 Å². The molecule has 0 aliphatic carbocycles. The van der Waals surface area contributed by atoms with Gasteiger partial charge in [0.2, 0.25) is 0 Å². The number of nitrogens with one attached hydrogen (secondary N) is 2. The van der Waals surface area contributed by atoms with E-state index in [2.05, 4.69) is 48.3 Å². The fourth-order valence-corrected chi connectivity index (χ4v) is 1.86. The smallest absolute Gasteiger partial charge is 0.134 e. The fraction of sp³-hybridized carbons (Fsp3) is 0.733. The summed E-state index contributed by atoms with van der Waals surface area (Å²) in [4.78, 5) is 8.66. The topological polar surface area (TPSA) is 59.1 Å². The highest BCUT2D eigenvalue weighted by Gasteiger charge is 2.08. The van der Waals surface area contributed by atoms with Crippen LogP contribution in [0.25, 0.3) is 0 Å². The maximum Gasteiger partial charge on any atom is 0.134 e. The van der Waals surface area contributed by atoms with Crippen LogP contribution >= 0.6 is 0 Å². The largest absolute Gasteiger partial charge is 0.379 e. The highest BCUT2D eigenvalue weighted by atomic mass is 16.5. The summed E-state index contributed by atoms with van der Waals surface area (Å²) < 4.78 is 5.56. The minimum Gasteiger partial charge on any atom is -0.379 e. The van der Waals surface area contributed by atoms with Crippen LogP contribution in [-0.4, -0.2) is 36.3 Å². The zero-order valence-electron chi connectivity index (χ0n) is 13.2. The lowest BCUT2D eigenvalue weighted by molar-refractivity contribution is 0.118. The van der Waals surface area contributed by atoms with Crippen molar-refractivity contribution in [3.63, 3.8) is 0 Å². The molecule has 1 heterocycles. The molecule has 5 nitrogen and oxygen atoms in total. The Morgan fingerprint density at radius 1 is 1.10 bits per heavy atom. The standard InChI is InChI=1S/C15H28N4O/c1-5-7-16-14-13(6-2)15(19-11-18-14)17-8-9-20-10-12(3)4/h11-12H,5-10H2,1-4H3,(H2,16,17,18,19). The molecule has 0 atom stereocenters. The molecule has 0 aromatic carbocycles. The van der Waals surface area contributed by atoms with Gasteiger partial charge in [0.1, 0.15) is 18.0 Å². The molecule has 5 heteroatoms. The zero-order chi connectivity index (χ0) is 14.8. The van der Waals surface area contributed by atoms with Gasteiger partial charge in [-0.1, -0.05) is 27.7 Å². The molecule has 20 heavy (non-hydrogen) atoms. The molecule has 0 aliphatic rings. The molecule has 1 aromatic heterocycles. The first kappa shape index (κ1) is 16.7. The van der Waals surface area contributed by atoms with Crippen LogP contribution in [0.3, 0.4) is 0 Å². The lowest BCUT2D eigenvalue weighted by atomic mass is 10.2. The molecular weight excluding hydrogens is 252 g/mol. The average Bonchev–Trinajstić information content (AvgIpc) is 2.44. The Kier molecular flexibility index (Phi) is 7.95. The van der Waals surface area contributed by atoms with Crippen molar-refractivity contribution in [2.45, 2.75) is 40.5 Å². The van der Waals surface area contributed by atoms with Crippen LogP contribution in [0.4, 0.5) is 11.6 Å². The maximum absolute atomic E-state index is 5.56. The first-order valence-corrected chi connectivity index (χ1v) is 7.58. The third-order valence-corrected chi connectivity index (χ3v) is 2.83. The molecule has 0 aliphatic heterocycles. The molecule has 114 valence electrons. The summed E-state index contributed by atoms with van der Waals surface area (Å²) in [5.74, 6) is 2.43. The van der Waals surface area contributed by atoms with E-state index in [1.54, 1.807) is 6.33 Å². The molecule has 0 saturated carbocycles. The van der Waals surface area contributed by atoms with Crippen molar-refractivity contribution in [2.24, 2.45) is 5.92 Å². The highest BCUT2D eigenvalue weighted by Crippen LogP contribution is 2.20. The van der Waals surface area contributed by atoms with E-state index in [0.717, 1.165) is 49.7 Å². The zero-order valence-corrected chi connectivity index (χ0v) is 13.2. The molecule has 1 aromatic rings. The number of anilines is 2. The van der Waals surface area contributed by atoms with Gasteiger partial charge in [-0.25, -0.2) is 9.97 Å². The molecule has 0 fully saturated rings. The van der Waals surface area contributed by atoms with Crippen molar-refractivity contribution in [1.82, 2.24) is 9.97 Å². The van der Waals surface area contributed by atoms with E-state index in [9.17, 15) is 0 Å². The van der Waals surface area contributed by atoms with Gasteiger partial charge in [0.25, 0.3) is 0 Å². The third-order valence-electron chi connectivity index (χ3n) is 2.83. The van der Waals surface area contributed by atoms with Crippen molar-refractivity contribution < 1.29 is 4.74 Å². The summed E-state index contributed by atoms with van der Waals surface area (Å²) in [6.07, 6.45) is 3.59.